The molecule has 0 aliphatic carbocycles. The van der Waals surface area contributed by atoms with E-state index in [1.54, 1.807) is 32.9 Å². The lowest BCUT2D eigenvalue weighted by atomic mass is 10.2. The lowest BCUT2D eigenvalue weighted by molar-refractivity contribution is 0.0636. The minimum atomic E-state index is -0.585. The summed E-state index contributed by atoms with van der Waals surface area (Å²) < 4.78 is 5.09. The van der Waals surface area contributed by atoms with E-state index < -0.39 is 11.7 Å². The number of aromatic nitrogens is 1. The van der Waals surface area contributed by atoms with Crippen molar-refractivity contribution in [2.45, 2.75) is 26.4 Å². The van der Waals surface area contributed by atoms with Gasteiger partial charge in [-0.2, -0.15) is 0 Å². The van der Waals surface area contributed by atoms with Crippen LogP contribution in [0.4, 0.5) is 10.5 Å². The minimum Gasteiger partial charge on any atom is -0.444 e. The van der Waals surface area contributed by atoms with Crippen molar-refractivity contribution in [2.75, 3.05) is 5.32 Å². The molecule has 92 valence electrons. The highest BCUT2D eigenvalue weighted by Gasteiger charge is 2.17. The lowest BCUT2D eigenvalue weighted by Crippen LogP contribution is -2.27. The first-order valence-electron chi connectivity index (χ1n) is 5.05. The van der Waals surface area contributed by atoms with Crippen LogP contribution in [0.3, 0.4) is 0 Å². The second-order valence-corrected chi connectivity index (χ2v) is 4.31. The molecule has 1 aromatic rings. The molecule has 0 aliphatic rings. The highest BCUT2D eigenvalue weighted by atomic mass is 16.6. The molecule has 0 aliphatic heterocycles. The molecule has 1 rings (SSSR count). The Morgan fingerprint density at radius 1 is 1.59 bits per heavy atom. The topological polar surface area (TPSA) is 83.8 Å². The number of oxime groups is 1. The Balaban J connectivity index is 2.78. The molecule has 0 saturated heterocycles. The van der Waals surface area contributed by atoms with Gasteiger partial charge in [0.2, 0.25) is 0 Å². The second kappa shape index (κ2) is 5.29. The van der Waals surface area contributed by atoms with Gasteiger partial charge < -0.3 is 9.94 Å². The van der Waals surface area contributed by atoms with E-state index in [0.717, 1.165) is 6.21 Å². The summed E-state index contributed by atoms with van der Waals surface area (Å²) in [7, 11) is 0. The molecular formula is C11H15N3O3. The third-order valence-electron chi connectivity index (χ3n) is 1.65. The Hall–Kier alpha value is -2.11. The molecule has 0 spiro atoms. The molecule has 6 heteroatoms. The molecule has 2 N–H and O–H groups in total. The number of carbonyl (C=O) groups excluding carboxylic acids is 1. The summed E-state index contributed by atoms with van der Waals surface area (Å²) in [5, 5.41) is 13.8. The number of hydrogen-bond acceptors (Lipinski definition) is 5. The third-order valence-corrected chi connectivity index (χ3v) is 1.65. The van der Waals surface area contributed by atoms with Gasteiger partial charge in [0.25, 0.3) is 0 Å². The van der Waals surface area contributed by atoms with E-state index in [1.165, 1.54) is 6.20 Å². The van der Waals surface area contributed by atoms with Crippen molar-refractivity contribution in [3.63, 3.8) is 0 Å². The molecule has 0 radical (unpaired) electrons. The summed E-state index contributed by atoms with van der Waals surface area (Å²) in [6.45, 7) is 5.31. The minimum absolute atomic E-state index is 0.348. The number of amides is 1. The van der Waals surface area contributed by atoms with Crippen LogP contribution in [0.25, 0.3) is 0 Å². The van der Waals surface area contributed by atoms with Crippen LogP contribution in [0, 0.1) is 0 Å². The van der Waals surface area contributed by atoms with E-state index in [0.29, 0.717) is 11.4 Å². The van der Waals surface area contributed by atoms with E-state index in [1.807, 2.05) is 0 Å². The largest absolute Gasteiger partial charge is 0.444 e. The van der Waals surface area contributed by atoms with Crippen LogP contribution in [0.5, 0.6) is 0 Å². The quantitative estimate of drug-likeness (QED) is 0.469. The van der Waals surface area contributed by atoms with Crippen molar-refractivity contribution < 1.29 is 14.7 Å². The van der Waals surface area contributed by atoms with Gasteiger partial charge in [0.15, 0.2) is 0 Å². The van der Waals surface area contributed by atoms with Gasteiger partial charge in [-0.15, -0.1) is 0 Å². The number of nitrogens with one attached hydrogen (secondary N) is 1. The van der Waals surface area contributed by atoms with Crippen molar-refractivity contribution in [3.05, 3.63) is 24.0 Å². The molecular weight excluding hydrogens is 222 g/mol. The number of nitrogens with zero attached hydrogens (tertiary/aromatic N) is 2. The average molecular weight is 237 g/mol. The summed E-state index contributed by atoms with van der Waals surface area (Å²) in [5.41, 5.74) is 0.192. The van der Waals surface area contributed by atoms with Crippen LogP contribution in [0.2, 0.25) is 0 Å². The Labute approximate surface area is 99.3 Å². The molecule has 0 fully saturated rings. The van der Waals surface area contributed by atoms with Gasteiger partial charge in [0.1, 0.15) is 11.3 Å². The summed E-state index contributed by atoms with van der Waals surface area (Å²) in [6.07, 6.45) is 2.07. The van der Waals surface area contributed by atoms with Crippen molar-refractivity contribution in [1.82, 2.24) is 4.98 Å². The van der Waals surface area contributed by atoms with Gasteiger partial charge in [-0.3, -0.25) is 10.3 Å². The van der Waals surface area contributed by atoms with E-state index in [9.17, 15) is 4.79 Å². The van der Waals surface area contributed by atoms with Gasteiger partial charge in [-0.1, -0.05) is 5.16 Å². The van der Waals surface area contributed by atoms with E-state index in [2.05, 4.69) is 15.5 Å². The number of hydrogen-bond donors (Lipinski definition) is 2. The van der Waals surface area contributed by atoms with Crippen LogP contribution in [0.1, 0.15) is 26.5 Å². The number of ether oxygens (including phenoxy) is 1. The molecule has 0 saturated carbocycles. The molecule has 0 aromatic carbocycles. The van der Waals surface area contributed by atoms with Gasteiger partial charge in [-0.05, 0) is 32.9 Å². The fraction of sp³-hybridized carbons (Fsp3) is 0.364. The molecule has 0 bridgehead atoms. The highest BCUT2D eigenvalue weighted by molar-refractivity contribution is 5.93. The number of carbonyl (C=O) groups is 1. The Morgan fingerprint density at radius 3 is 2.88 bits per heavy atom. The molecule has 0 atom stereocenters. The Morgan fingerprint density at radius 2 is 2.29 bits per heavy atom. The first-order chi connectivity index (χ1) is 7.92. The Bertz CT molecular complexity index is 424. The first-order valence-corrected chi connectivity index (χ1v) is 5.05. The number of pyridine rings is 1. The van der Waals surface area contributed by atoms with Crippen molar-refractivity contribution in [1.29, 1.82) is 0 Å². The van der Waals surface area contributed by atoms with E-state index in [4.69, 9.17) is 9.94 Å². The zero-order valence-corrected chi connectivity index (χ0v) is 9.97. The van der Waals surface area contributed by atoms with E-state index in [-0.39, 0.29) is 0 Å². The predicted molar refractivity (Wildman–Crippen MR) is 63.5 cm³/mol. The van der Waals surface area contributed by atoms with Crippen LogP contribution in [0.15, 0.2) is 23.5 Å². The molecule has 6 nitrogen and oxygen atoms in total. The molecule has 1 amide bonds. The van der Waals surface area contributed by atoms with Crippen LogP contribution < -0.4 is 5.32 Å². The van der Waals surface area contributed by atoms with Crippen LogP contribution in [-0.2, 0) is 4.74 Å². The number of rotatable bonds is 2. The zero-order valence-electron chi connectivity index (χ0n) is 9.97. The number of anilines is 1. The standard InChI is InChI=1S/C11H15N3O3/c1-11(2,3)17-10(15)14-8-5-4-6-12-9(8)7-13-16/h4-7,16H,1-3H3,(H,14,15)/b13-7+. The normalized spacial score (nSPS) is 11.5. The SMILES string of the molecule is CC(C)(C)OC(=O)Nc1cccnc1/C=N/O. The van der Waals surface area contributed by atoms with Gasteiger partial charge in [-0.25, -0.2) is 4.79 Å². The smallest absolute Gasteiger partial charge is 0.412 e. The fourth-order valence-corrected chi connectivity index (χ4v) is 1.09. The predicted octanol–water partition coefficient (Wildman–Crippen LogP) is 2.24. The van der Waals surface area contributed by atoms with Gasteiger partial charge in [0, 0.05) is 6.20 Å². The second-order valence-electron chi connectivity index (χ2n) is 4.31. The third kappa shape index (κ3) is 4.50. The maximum absolute atomic E-state index is 11.5. The fourth-order valence-electron chi connectivity index (χ4n) is 1.09. The molecule has 17 heavy (non-hydrogen) atoms. The van der Waals surface area contributed by atoms with Crippen molar-refractivity contribution in [3.8, 4) is 0 Å². The monoisotopic (exact) mass is 237 g/mol. The Kier molecular flexibility index (Phi) is 4.03. The lowest BCUT2D eigenvalue weighted by Gasteiger charge is -2.19. The van der Waals surface area contributed by atoms with Crippen LogP contribution in [-0.4, -0.2) is 28.1 Å². The maximum atomic E-state index is 11.5. The summed E-state index contributed by atoms with van der Waals surface area (Å²) in [4.78, 5) is 15.5. The average Bonchev–Trinajstić information content (AvgIpc) is 2.18. The molecule has 1 heterocycles. The van der Waals surface area contributed by atoms with Crippen LogP contribution >= 0.6 is 0 Å². The zero-order chi connectivity index (χ0) is 12.9. The first kappa shape index (κ1) is 13.0. The highest BCUT2D eigenvalue weighted by Crippen LogP contribution is 2.13. The van der Waals surface area contributed by atoms with Gasteiger partial charge >= 0.3 is 6.09 Å². The van der Waals surface area contributed by atoms with Crippen molar-refractivity contribution in [2.24, 2.45) is 5.16 Å². The summed E-state index contributed by atoms with van der Waals surface area (Å²) >= 11 is 0. The van der Waals surface area contributed by atoms with E-state index >= 15 is 0 Å². The maximum Gasteiger partial charge on any atom is 0.412 e. The van der Waals surface area contributed by atoms with Crippen molar-refractivity contribution >= 4 is 18.0 Å². The summed E-state index contributed by atoms with van der Waals surface area (Å²) in [6, 6.07) is 3.29. The summed E-state index contributed by atoms with van der Waals surface area (Å²) in [5.74, 6) is 0. The van der Waals surface area contributed by atoms with Gasteiger partial charge in [0.05, 0.1) is 11.9 Å². The molecule has 0 unspecified atom stereocenters. The molecule has 1 aromatic heterocycles.